The van der Waals surface area contributed by atoms with E-state index in [1.54, 1.807) is 0 Å². The van der Waals surface area contributed by atoms with Crippen molar-refractivity contribution in [2.75, 3.05) is 19.8 Å². The Bertz CT molecular complexity index is 493. The molecule has 3 rings (SSSR count). The molecule has 1 saturated carbocycles. The molecule has 112 valence electrons. The summed E-state index contributed by atoms with van der Waals surface area (Å²) >= 11 is 0. The highest BCUT2D eigenvalue weighted by atomic mass is 16.7. The SMILES string of the molecule is N#CC1(COCc2ccccc2)CCC2(CC1)OCCO2. The number of ether oxygens (including phenoxy) is 3. The number of nitrogens with zero attached hydrogens (tertiary/aromatic N) is 1. The lowest BCUT2D eigenvalue weighted by Gasteiger charge is -2.39. The molecule has 1 aromatic carbocycles. The summed E-state index contributed by atoms with van der Waals surface area (Å²) in [6.07, 6.45) is 3.13. The van der Waals surface area contributed by atoms with Crippen LogP contribution in [0.5, 0.6) is 0 Å². The van der Waals surface area contributed by atoms with Gasteiger partial charge in [0.05, 0.1) is 37.9 Å². The lowest BCUT2D eigenvalue weighted by Crippen LogP contribution is -2.41. The molecule has 0 aromatic heterocycles. The molecule has 1 saturated heterocycles. The smallest absolute Gasteiger partial charge is 0.168 e. The average Bonchev–Trinajstić information content (AvgIpc) is 3.00. The van der Waals surface area contributed by atoms with Crippen molar-refractivity contribution in [1.82, 2.24) is 0 Å². The first kappa shape index (κ1) is 14.5. The molecule has 1 spiro atoms. The molecule has 2 fully saturated rings. The topological polar surface area (TPSA) is 51.5 Å². The molecule has 0 unspecified atom stereocenters. The average molecular weight is 287 g/mol. The van der Waals surface area contributed by atoms with E-state index in [1.807, 2.05) is 30.3 Å². The lowest BCUT2D eigenvalue weighted by molar-refractivity contribution is -0.191. The van der Waals surface area contributed by atoms with Crippen LogP contribution in [-0.2, 0) is 20.8 Å². The van der Waals surface area contributed by atoms with E-state index >= 15 is 0 Å². The summed E-state index contributed by atoms with van der Waals surface area (Å²) in [5.41, 5.74) is 0.746. The molecule has 1 aromatic rings. The number of hydrogen-bond acceptors (Lipinski definition) is 4. The molecule has 0 bridgehead atoms. The van der Waals surface area contributed by atoms with Crippen molar-refractivity contribution in [2.24, 2.45) is 5.41 Å². The third-order valence-corrected chi connectivity index (χ3v) is 4.51. The molecular weight excluding hydrogens is 266 g/mol. The Balaban J connectivity index is 1.52. The third-order valence-electron chi connectivity index (χ3n) is 4.51. The molecule has 1 aliphatic heterocycles. The fraction of sp³-hybridized carbons (Fsp3) is 0.588. The van der Waals surface area contributed by atoms with E-state index in [4.69, 9.17) is 14.2 Å². The first-order valence-corrected chi connectivity index (χ1v) is 7.57. The van der Waals surface area contributed by atoms with E-state index in [0.29, 0.717) is 26.4 Å². The molecule has 21 heavy (non-hydrogen) atoms. The minimum absolute atomic E-state index is 0.394. The quantitative estimate of drug-likeness (QED) is 0.854. The van der Waals surface area contributed by atoms with Crippen molar-refractivity contribution in [3.05, 3.63) is 35.9 Å². The largest absolute Gasteiger partial charge is 0.375 e. The number of nitriles is 1. The van der Waals surface area contributed by atoms with Crippen molar-refractivity contribution in [2.45, 2.75) is 38.1 Å². The van der Waals surface area contributed by atoms with Crippen LogP contribution in [0.15, 0.2) is 30.3 Å². The summed E-state index contributed by atoms with van der Waals surface area (Å²) < 4.78 is 17.2. The van der Waals surface area contributed by atoms with Gasteiger partial charge in [0, 0.05) is 12.8 Å². The third kappa shape index (κ3) is 3.26. The molecule has 4 heteroatoms. The predicted molar refractivity (Wildman–Crippen MR) is 77.2 cm³/mol. The van der Waals surface area contributed by atoms with E-state index in [0.717, 1.165) is 31.2 Å². The van der Waals surface area contributed by atoms with Crippen LogP contribution < -0.4 is 0 Å². The molecule has 1 aliphatic carbocycles. The van der Waals surface area contributed by atoms with Crippen molar-refractivity contribution in [3.63, 3.8) is 0 Å². The highest BCUT2D eigenvalue weighted by Gasteiger charge is 2.46. The molecular formula is C17H21NO3. The van der Waals surface area contributed by atoms with Gasteiger partial charge in [0.2, 0.25) is 0 Å². The van der Waals surface area contributed by atoms with Gasteiger partial charge in [-0.15, -0.1) is 0 Å². The number of hydrogen-bond donors (Lipinski definition) is 0. The Morgan fingerprint density at radius 2 is 1.71 bits per heavy atom. The van der Waals surface area contributed by atoms with Gasteiger partial charge in [-0.05, 0) is 18.4 Å². The monoisotopic (exact) mass is 287 g/mol. The zero-order chi connectivity index (χ0) is 14.6. The minimum atomic E-state index is -0.417. The van der Waals surface area contributed by atoms with Crippen LogP contribution in [0, 0.1) is 16.7 Å². The van der Waals surface area contributed by atoms with Gasteiger partial charge in [0.1, 0.15) is 0 Å². The van der Waals surface area contributed by atoms with Gasteiger partial charge in [-0.2, -0.15) is 5.26 Å². The molecule has 0 radical (unpaired) electrons. The summed E-state index contributed by atoms with van der Waals surface area (Å²) in [5, 5.41) is 9.56. The number of rotatable bonds is 4. The van der Waals surface area contributed by atoms with Crippen LogP contribution in [0.2, 0.25) is 0 Å². The van der Waals surface area contributed by atoms with Crippen molar-refractivity contribution in [3.8, 4) is 6.07 Å². The van der Waals surface area contributed by atoms with Gasteiger partial charge in [0.15, 0.2) is 5.79 Å². The lowest BCUT2D eigenvalue weighted by atomic mass is 9.73. The van der Waals surface area contributed by atoms with E-state index in [2.05, 4.69) is 6.07 Å². The van der Waals surface area contributed by atoms with Crippen LogP contribution in [-0.4, -0.2) is 25.6 Å². The predicted octanol–water partition coefficient (Wildman–Crippen LogP) is 3.03. The second-order valence-corrected chi connectivity index (χ2v) is 5.98. The van der Waals surface area contributed by atoms with Crippen LogP contribution in [0.4, 0.5) is 0 Å². The van der Waals surface area contributed by atoms with E-state index in [1.165, 1.54) is 0 Å². The maximum Gasteiger partial charge on any atom is 0.168 e. The van der Waals surface area contributed by atoms with Crippen LogP contribution in [0.25, 0.3) is 0 Å². The van der Waals surface area contributed by atoms with Gasteiger partial charge in [-0.3, -0.25) is 0 Å². The Morgan fingerprint density at radius 3 is 2.33 bits per heavy atom. The maximum atomic E-state index is 9.56. The van der Waals surface area contributed by atoms with Gasteiger partial charge >= 0.3 is 0 Å². The Morgan fingerprint density at radius 1 is 1.05 bits per heavy atom. The first-order chi connectivity index (χ1) is 10.3. The van der Waals surface area contributed by atoms with Crippen molar-refractivity contribution in [1.29, 1.82) is 5.26 Å². The summed E-state index contributed by atoms with van der Waals surface area (Å²) in [4.78, 5) is 0. The van der Waals surface area contributed by atoms with Gasteiger partial charge in [-0.25, -0.2) is 0 Å². The van der Waals surface area contributed by atoms with Crippen molar-refractivity contribution < 1.29 is 14.2 Å². The summed E-state index contributed by atoms with van der Waals surface area (Å²) in [6.45, 7) is 2.38. The summed E-state index contributed by atoms with van der Waals surface area (Å²) in [5.74, 6) is -0.417. The zero-order valence-electron chi connectivity index (χ0n) is 12.2. The van der Waals surface area contributed by atoms with Gasteiger partial charge < -0.3 is 14.2 Å². The second-order valence-electron chi connectivity index (χ2n) is 5.98. The zero-order valence-corrected chi connectivity index (χ0v) is 12.2. The van der Waals surface area contributed by atoms with Crippen molar-refractivity contribution >= 4 is 0 Å². The first-order valence-electron chi connectivity index (χ1n) is 7.57. The van der Waals surface area contributed by atoms with Crippen LogP contribution in [0.3, 0.4) is 0 Å². The van der Waals surface area contributed by atoms with Gasteiger partial charge in [0.25, 0.3) is 0 Å². The number of benzene rings is 1. The highest BCUT2D eigenvalue weighted by Crippen LogP contribution is 2.44. The molecule has 2 aliphatic rings. The fourth-order valence-corrected chi connectivity index (χ4v) is 3.12. The summed E-state index contributed by atoms with van der Waals surface area (Å²) in [6, 6.07) is 12.5. The highest BCUT2D eigenvalue weighted by molar-refractivity contribution is 5.13. The minimum Gasteiger partial charge on any atom is -0.375 e. The summed E-state index contributed by atoms with van der Waals surface area (Å²) in [7, 11) is 0. The molecule has 0 atom stereocenters. The molecule has 0 N–H and O–H groups in total. The Labute approximate surface area is 125 Å². The van der Waals surface area contributed by atoms with E-state index in [-0.39, 0.29) is 0 Å². The van der Waals surface area contributed by atoms with Gasteiger partial charge in [-0.1, -0.05) is 30.3 Å². The normalized spacial score (nSPS) is 23.0. The van der Waals surface area contributed by atoms with E-state index < -0.39 is 11.2 Å². The molecule has 0 amide bonds. The second kappa shape index (κ2) is 6.15. The fourth-order valence-electron chi connectivity index (χ4n) is 3.12. The van der Waals surface area contributed by atoms with Crippen LogP contribution in [0.1, 0.15) is 31.2 Å². The Kier molecular flexibility index (Phi) is 4.25. The maximum absolute atomic E-state index is 9.56. The van der Waals surface area contributed by atoms with E-state index in [9.17, 15) is 5.26 Å². The standard InChI is InChI=1S/C17H21NO3/c18-13-16(14-19-12-15-4-2-1-3-5-15)6-8-17(9-7-16)20-10-11-21-17/h1-5H,6-12,14H2. The molecule has 1 heterocycles. The molecule has 4 nitrogen and oxygen atoms in total. The van der Waals surface area contributed by atoms with Crippen LogP contribution >= 0.6 is 0 Å². The Hall–Kier alpha value is -1.41.